The Bertz CT molecular complexity index is 722. The summed E-state index contributed by atoms with van der Waals surface area (Å²) < 4.78 is 1.49. The summed E-state index contributed by atoms with van der Waals surface area (Å²) in [4.78, 5) is 35.9. The van der Waals surface area contributed by atoms with Gasteiger partial charge in [0.15, 0.2) is 0 Å². The predicted molar refractivity (Wildman–Crippen MR) is 87.2 cm³/mol. The number of carboxylic acid groups (broad SMARTS) is 1. The van der Waals surface area contributed by atoms with Crippen LogP contribution in [-0.4, -0.2) is 56.7 Å². The number of nitrogens with one attached hydrogen (secondary N) is 1. The predicted octanol–water partition coefficient (Wildman–Crippen LogP) is 0.474. The molecule has 8 heteroatoms. The summed E-state index contributed by atoms with van der Waals surface area (Å²) in [6, 6.07) is 6.47. The zero-order valence-electron chi connectivity index (χ0n) is 13.6. The van der Waals surface area contributed by atoms with E-state index in [0.29, 0.717) is 0 Å². The molecule has 0 fully saturated rings. The normalized spacial score (nSPS) is 11.9. The molecule has 2 rings (SSSR count). The van der Waals surface area contributed by atoms with Crippen LogP contribution in [0, 0.1) is 0 Å². The number of amides is 2. The van der Waals surface area contributed by atoms with Crippen molar-refractivity contribution in [3.05, 3.63) is 30.5 Å². The van der Waals surface area contributed by atoms with Gasteiger partial charge in [0.1, 0.15) is 12.6 Å². The van der Waals surface area contributed by atoms with E-state index in [1.54, 1.807) is 6.20 Å². The van der Waals surface area contributed by atoms with Crippen LogP contribution in [0.2, 0.25) is 0 Å². The minimum atomic E-state index is -1.10. The van der Waals surface area contributed by atoms with Crippen molar-refractivity contribution in [3.63, 3.8) is 0 Å². The number of nitrogens with zero attached hydrogens (tertiary/aromatic N) is 3. The highest BCUT2D eigenvalue weighted by molar-refractivity contribution is 5.84. The van der Waals surface area contributed by atoms with Gasteiger partial charge in [0.25, 0.3) is 0 Å². The molecule has 0 radical (unpaired) electrons. The summed E-state index contributed by atoms with van der Waals surface area (Å²) >= 11 is 0. The van der Waals surface area contributed by atoms with Gasteiger partial charge in [-0.2, -0.15) is 5.10 Å². The first kappa shape index (κ1) is 17.5. The highest BCUT2D eigenvalue weighted by atomic mass is 16.4. The van der Waals surface area contributed by atoms with Gasteiger partial charge in [0, 0.05) is 31.6 Å². The molecule has 2 aromatic rings. The minimum Gasteiger partial charge on any atom is -0.480 e. The highest BCUT2D eigenvalue weighted by Crippen LogP contribution is 2.11. The Morgan fingerprint density at radius 1 is 1.33 bits per heavy atom. The molecule has 0 spiro atoms. The fourth-order valence-corrected chi connectivity index (χ4v) is 2.35. The summed E-state index contributed by atoms with van der Waals surface area (Å²) in [5.74, 6) is -1.71. The molecular formula is C16H20N4O4. The highest BCUT2D eigenvalue weighted by Gasteiger charge is 2.25. The number of carboxylic acids is 1. The Hall–Kier alpha value is -2.90. The summed E-state index contributed by atoms with van der Waals surface area (Å²) in [5, 5.41) is 17.0. The van der Waals surface area contributed by atoms with Crippen molar-refractivity contribution in [3.8, 4) is 0 Å². The zero-order chi connectivity index (χ0) is 17.7. The lowest BCUT2D eigenvalue weighted by Gasteiger charge is -2.26. The topological polar surface area (TPSA) is 105 Å². The van der Waals surface area contributed by atoms with Gasteiger partial charge in [0.05, 0.1) is 5.52 Å². The minimum absolute atomic E-state index is 0.0631. The average Bonchev–Trinajstić information content (AvgIpc) is 2.92. The van der Waals surface area contributed by atoms with Crippen LogP contribution < -0.4 is 5.32 Å². The number of fused-ring (bicyclic) bond motifs is 1. The molecule has 0 saturated heterocycles. The van der Waals surface area contributed by atoms with E-state index in [0.717, 1.165) is 10.9 Å². The second-order valence-corrected chi connectivity index (χ2v) is 5.47. The Morgan fingerprint density at radius 2 is 2.04 bits per heavy atom. The number of hydrogen-bond acceptors (Lipinski definition) is 4. The maximum absolute atomic E-state index is 12.5. The fourth-order valence-electron chi connectivity index (χ4n) is 2.35. The largest absolute Gasteiger partial charge is 0.480 e. The third-order valence-corrected chi connectivity index (χ3v) is 3.63. The molecule has 0 saturated carbocycles. The van der Waals surface area contributed by atoms with Crippen molar-refractivity contribution >= 4 is 28.7 Å². The van der Waals surface area contributed by atoms with Crippen LogP contribution in [0.1, 0.15) is 13.8 Å². The molecule has 1 aromatic carbocycles. The molecule has 128 valence electrons. The molecule has 1 unspecified atom stereocenters. The van der Waals surface area contributed by atoms with Crippen LogP contribution in [-0.2, 0) is 20.9 Å². The Labute approximate surface area is 139 Å². The van der Waals surface area contributed by atoms with Crippen molar-refractivity contribution < 1.29 is 19.5 Å². The molecule has 1 heterocycles. The van der Waals surface area contributed by atoms with Crippen LogP contribution in [0.15, 0.2) is 30.5 Å². The SMILES string of the molecule is CC(=O)NCCN(C(=O)Cn1cc2ccccc2n1)C(C)C(=O)O. The van der Waals surface area contributed by atoms with E-state index in [9.17, 15) is 19.5 Å². The third-order valence-electron chi connectivity index (χ3n) is 3.63. The van der Waals surface area contributed by atoms with E-state index in [4.69, 9.17) is 0 Å². The van der Waals surface area contributed by atoms with Crippen molar-refractivity contribution in [1.82, 2.24) is 20.0 Å². The summed E-state index contributed by atoms with van der Waals surface area (Å²) in [6.07, 6.45) is 1.74. The van der Waals surface area contributed by atoms with Crippen LogP contribution in [0.5, 0.6) is 0 Å². The number of hydrogen-bond donors (Lipinski definition) is 2. The summed E-state index contributed by atoms with van der Waals surface area (Å²) in [5.41, 5.74) is 0.765. The molecule has 24 heavy (non-hydrogen) atoms. The van der Waals surface area contributed by atoms with E-state index < -0.39 is 12.0 Å². The van der Waals surface area contributed by atoms with Gasteiger partial charge in [-0.15, -0.1) is 0 Å². The van der Waals surface area contributed by atoms with E-state index in [-0.39, 0.29) is 31.4 Å². The van der Waals surface area contributed by atoms with E-state index >= 15 is 0 Å². The average molecular weight is 332 g/mol. The van der Waals surface area contributed by atoms with Gasteiger partial charge < -0.3 is 15.3 Å². The lowest BCUT2D eigenvalue weighted by molar-refractivity contribution is -0.149. The Balaban J connectivity index is 2.10. The lowest BCUT2D eigenvalue weighted by Crippen LogP contribution is -2.47. The Morgan fingerprint density at radius 3 is 2.67 bits per heavy atom. The van der Waals surface area contributed by atoms with Crippen LogP contribution in [0.3, 0.4) is 0 Å². The van der Waals surface area contributed by atoms with Gasteiger partial charge in [-0.25, -0.2) is 4.79 Å². The van der Waals surface area contributed by atoms with Gasteiger partial charge >= 0.3 is 5.97 Å². The van der Waals surface area contributed by atoms with Crippen LogP contribution in [0.25, 0.3) is 10.9 Å². The van der Waals surface area contributed by atoms with Gasteiger partial charge in [-0.3, -0.25) is 14.3 Å². The van der Waals surface area contributed by atoms with Crippen molar-refractivity contribution in [1.29, 1.82) is 0 Å². The quantitative estimate of drug-likeness (QED) is 0.767. The van der Waals surface area contributed by atoms with E-state index in [1.807, 2.05) is 24.3 Å². The van der Waals surface area contributed by atoms with Crippen molar-refractivity contribution in [2.75, 3.05) is 13.1 Å². The zero-order valence-corrected chi connectivity index (χ0v) is 13.6. The molecule has 1 atom stereocenters. The molecule has 8 nitrogen and oxygen atoms in total. The first-order valence-corrected chi connectivity index (χ1v) is 7.57. The number of carbonyl (C=O) groups is 3. The van der Waals surface area contributed by atoms with E-state index in [1.165, 1.54) is 23.4 Å². The molecule has 0 aliphatic heterocycles. The number of aromatic nitrogens is 2. The van der Waals surface area contributed by atoms with Gasteiger partial charge in [-0.05, 0) is 13.0 Å². The maximum atomic E-state index is 12.5. The third kappa shape index (κ3) is 4.31. The fraction of sp³-hybridized carbons (Fsp3) is 0.375. The molecule has 0 bridgehead atoms. The second-order valence-electron chi connectivity index (χ2n) is 5.47. The monoisotopic (exact) mass is 332 g/mol. The molecule has 0 aliphatic rings. The first-order valence-electron chi connectivity index (χ1n) is 7.57. The lowest BCUT2D eigenvalue weighted by atomic mass is 10.2. The first-order chi connectivity index (χ1) is 11.4. The van der Waals surface area contributed by atoms with Crippen LogP contribution in [0.4, 0.5) is 0 Å². The molecule has 2 amide bonds. The smallest absolute Gasteiger partial charge is 0.326 e. The van der Waals surface area contributed by atoms with Crippen molar-refractivity contribution in [2.45, 2.75) is 26.4 Å². The van der Waals surface area contributed by atoms with Crippen molar-refractivity contribution in [2.24, 2.45) is 0 Å². The molecular weight excluding hydrogens is 312 g/mol. The van der Waals surface area contributed by atoms with Crippen LogP contribution >= 0.6 is 0 Å². The maximum Gasteiger partial charge on any atom is 0.326 e. The van der Waals surface area contributed by atoms with Gasteiger partial charge in [-0.1, -0.05) is 18.2 Å². The molecule has 1 aromatic heterocycles. The Kier molecular flexibility index (Phi) is 5.51. The molecule has 2 N–H and O–H groups in total. The second kappa shape index (κ2) is 7.58. The molecule has 0 aliphatic carbocycles. The number of benzene rings is 1. The number of carbonyl (C=O) groups excluding carboxylic acids is 2. The van der Waals surface area contributed by atoms with E-state index in [2.05, 4.69) is 10.4 Å². The van der Waals surface area contributed by atoms with Gasteiger partial charge in [0.2, 0.25) is 11.8 Å². The summed E-state index contributed by atoms with van der Waals surface area (Å²) in [6.45, 7) is 3.05. The number of rotatable bonds is 7. The number of aliphatic carboxylic acids is 1. The standard InChI is InChI=1S/C16H20N4O4/c1-11(16(23)24)20(8-7-17-12(2)21)15(22)10-19-9-13-5-3-4-6-14(13)18-19/h3-6,9,11H,7-8,10H2,1-2H3,(H,17,21)(H,23,24). The summed E-state index contributed by atoms with van der Waals surface area (Å²) in [7, 11) is 0.